The van der Waals surface area contributed by atoms with Crippen LogP contribution in [0.1, 0.15) is 11.1 Å². The molecule has 1 aromatic rings. The van der Waals surface area contributed by atoms with Gasteiger partial charge in [-0.15, -0.1) is 0 Å². The molecule has 13 heavy (non-hydrogen) atoms. The summed E-state index contributed by atoms with van der Waals surface area (Å²) in [5.41, 5.74) is 0.965. The Kier molecular flexibility index (Phi) is 2.77. The van der Waals surface area contributed by atoms with Crippen LogP contribution in [0, 0.1) is 12.7 Å². The van der Waals surface area contributed by atoms with Crippen LogP contribution in [0.5, 0.6) is 5.75 Å². The zero-order valence-electron chi connectivity index (χ0n) is 7.04. The van der Waals surface area contributed by atoms with E-state index in [2.05, 4.69) is 4.99 Å². The number of phenolic OH excluding ortho intramolecular Hbond substituents is 1. The SMILES string of the molecule is Cc1cc(F)c(O)c(CN=C=O)c1. The van der Waals surface area contributed by atoms with Gasteiger partial charge in [0.1, 0.15) is 0 Å². The molecule has 3 nitrogen and oxygen atoms in total. The second-order valence-electron chi connectivity index (χ2n) is 2.66. The van der Waals surface area contributed by atoms with Crippen molar-refractivity contribution in [2.75, 3.05) is 0 Å². The van der Waals surface area contributed by atoms with Crippen LogP contribution in [0.3, 0.4) is 0 Å². The number of carbonyl (C=O) groups excluding carboxylic acids is 1. The summed E-state index contributed by atoms with van der Waals surface area (Å²) >= 11 is 0. The Morgan fingerprint density at radius 2 is 2.31 bits per heavy atom. The molecule has 0 saturated heterocycles. The average Bonchev–Trinajstić information content (AvgIpc) is 2.09. The summed E-state index contributed by atoms with van der Waals surface area (Å²) in [7, 11) is 0. The zero-order valence-corrected chi connectivity index (χ0v) is 7.04. The van der Waals surface area contributed by atoms with Crippen molar-refractivity contribution in [2.45, 2.75) is 13.5 Å². The lowest BCUT2D eigenvalue weighted by molar-refractivity contribution is 0.425. The Morgan fingerprint density at radius 3 is 2.92 bits per heavy atom. The fraction of sp³-hybridized carbons (Fsp3) is 0.222. The van der Waals surface area contributed by atoms with E-state index in [9.17, 15) is 14.3 Å². The number of rotatable bonds is 2. The molecule has 0 aliphatic carbocycles. The van der Waals surface area contributed by atoms with E-state index in [1.807, 2.05) is 0 Å². The lowest BCUT2D eigenvalue weighted by Crippen LogP contribution is -1.88. The van der Waals surface area contributed by atoms with Crippen LogP contribution in [0.2, 0.25) is 0 Å². The smallest absolute Gasteiger partial charge is 0.235 e. The number of phenols is 1. The molecule has 4 heteroatoms. The number of halogens is 1. The van der Waals surface area contributed by atoms with Crippen molar-refractivity contribution < 1.29 is 14.3 Å². The molecule has 0 heterocycles. The summed E-state index contributed by atoms with van der Waals surface area (Å²) in [5, 5.41) is 9.18. The maximum Gasteiger partial charge on any atom is 0.235 e. The van der Waals surface area contributed by atoms with Crippen molar-refractivity contribution in [3.05, 3.63) is 29.1 Å². The number of nitrogens with zero attached hydrogens (tertiary/aromatic N) is 1. The molecule has 0 saturated carbocycles. The van der Waals surface area contributed by atoms with Crippen molar-refractivity contribution in [2.24, 2.45) is 4.99 Å². The van der Waals surface area contributed by atoms with Crippen LogP contribution in [0.15, 0.2) is 17.1 Å². The molecule has 68 valence electrons. The second kappa shape index (κ2) is 3.83. The summed E-state index contributed by atoms with van der Waals surface area (Å²) in [6.45, 7) is 1.64. The first-order chi connectivity index (χ1) is 6.15. The molecule has 1 rings (SSSR count). The van der Waals surface area contributed by atoms with Gasteiger partial charge in [-0.1, -0.05) is 6.07 Å². The zero-order chi connectivity index (χ0) is 9.84. The predicted octanol–water partition coefficient (Wildman–Crippen LogP) is 1.68. The molecule has 0 spiro atoms. The highest BCUT2D eigenvalue weighted by Crippen LogP contribution is 2.23. The summed E-state index contributed by atoms with van der Waals surface area (Å²) in [4.78, 5) is 13.0. The van der Waals surface area contributed by atoms with Gasteiger partial charge >= 0.3 is 0 Å². The number of aryl methyl sites for hydroxylation is 1. The van der Waals surface area contributed by atoms with E-state index in [-0.39, 0.29) is 6.54 Å². The fourth-order valence-electron chi connectivity index (χ4n) is 1.04. The fourth-order valence-corrected chi connectivity index (χ4v) is 1.04. The van der Waals surface area contributed by atoms with Crippen LogP contribution >= 0.6 is 0 Å². The van der Waals surface area contributed by atoms with Gasteiger partial charge in [0, 0.05) is 5.56 Å². The first-order valence-electron chi connectivity index (χ1n) is 3.66. The van der Waals surface area contributed by atoms with E-state index in [1.165, 1.54) is 12.1 Å². The van der Waals surface area contributed by atoms with Crippen LogP contribution in [-0.2, 0) is 11.3 Å². The molecule has 1 aromatic carbocycles. The van der Waals surface area contributed by atoms with E-state index in [1.54, 1.807) is 13.0 Å². The number of aromatic hydroxyl groups is 1. The molecule has 0 unspecified atom stereocenters. The van der Waals surface area contributed by atoms with Gasteiger partial charge in [-0.2, -0.15) is 0 Å². The van der Waals surface area contributed by atoms with Gasteiger partial charge < -0.3 is 5.11 Å². The molecule has 0 radical (unpaired) electrons. The molecular formula is C9H8FNO2. The number of hydrogen-bond acceptors (Lipinski definition) is 3. The summed E-state index contributed by atoms with van der Waals surface area (Å²) < 4.78 is 12.9. The van der Waals surface area contributed by atoms with Gasteiger partial charge in [0.2, 0.25) is 6.08 Å². The maximum absolute atomic E-state index is 12.9. The molecule has 0 aliphatic heterocycles. The van der Waals surface area contributed by atoms with Crippen molar-refractivity contribution >= 4 is 6.08 Å². The van der Waals surface area contributed by atoms with Gasteiger partial charge in [-0.3, -0.25) is 0 Å². The largest absolute Gasteiger partial charge is 0.505 e. The second-order valence-corrected chi connectivity index (χ2v) is 2.66. The van der Waals surface area contributed by atoms with Gasteiger partial charge in [-0.05, 0) is 18.6 Å². The van der Waals surface area contributed by atoms with Gasteiger partial charge in [0.25, 0.3) is 0 Å². The first-order valence-corrected chi connectivity index (χ1v) is 3.66. The maximum atomic E-state index is 12.9. The van der Waals surface area contributed by atoms with Crippen LogP contribution < -0.4 is 0 Å². The molecule has 0 aliphatic rings. The molecule has 0 atom stereocenters. The summed E-state index contributed by atoms with van der Waals surface area (Å²) in [6.07, 6.45) is 1.32. The Balaban J connectivity index is 3.12. The third-order valence-electron chi connectivity index (χ3n) is 1.60. The highest BCUT2D eigenvalue weighted by Gasteiger charge is 2.07. The van der Waals surface area contributed by atoms with Crippen molar-refractivity contribution in [1.82, 2.24) is 0 Å². The average molecular weight is 181 g/mol. The Labute approximate surface area is 74.5 Å². The topological polar surface area (TPSA) is 49.7 Å². The van der Waals surface area contributed by atoms with Gasteiger partial charge in [-0.25, -0.2) is 14.2 Å². The number of aliphatic imine (C=N–C) groups is 1. The molecule has 0 amide bonds. The summed E-state index contributed by atoms with van der Waals surface area (Å²) in [5.74, 6) is -1.15. The Hall–Kier alpha value is -1.67. The van der Waals surface area contributed by atoms with E-state index in [4.69, 9.17) is 0 Å². The normalized spacial score (nSPS) is 9.38. The quantitative estimate of drug-likeness (QED) is 0.557. The number of benzene rings is 1. The lowest BCUT2D eigenvalue weighted by Gasteiger charge is -2.03. The standard InChI is InChI=1S/C9H8FNO2/c1-6-2-7(4-11-5-12)9(13)8(10)3-6/h2-3,13H,4H2,1H3. The van der Waals surface area contributed by atoms with Crippen molar-refractivity contribution in [3.8, 4) is 5.75 Å². The first kappa shape index (κ1) is 9.42. The van der Waals surface area contributed by atoms with E-state index < -0.39 is 11.6 Å². The van der Waals surface area contributed by atoms with Crippen molar-refractivity contribution in [3.63, 3.8) is 0 Å². The van der Waals surface area contributed by atoms with Crippen LogP contribution in [0.4, 0.5) is 4.39 Å². The molecular weight excluding hydrogens is 173 g/mol. The molecule has 0 fully saturated rings. The highest BCUT2D eigenvalue weighted by atomic mass is 19.1. The molecule has 1 N–H and O–H groups in total. The van der Waals surface area contributed by atoms with E-state index in [0.29, 0.717) is 11.1 Å². The Bertz CT molecular complexity index is 370. The van der Waals surface area contributed by atoms with Gasteiger partial charge in [0.05, 0.1) is 6.54 Å². The lowest BCUT2D eigenvalue weighted by atomic mass is 10.1. The molecule has 0 aromatic heterocycles. The van der Waals surface area contributed by atoms with E-state index in [0.717, 1.165) is 0 Å². The molecule has 0 bridgehead atoms. The van der Waals surface area contributed by atoms with Crippen LogP contribution in [0.25, 0.3) is 0 Å². The minimum Gasteiger partial charge on any atom is -0.505 e. The minimum absolute atomic E-state index is 0.0477. The minimum atomic E-state index is -0.698. The third-order valence-corrected chi connectivity index (χ3v) is 1.60. The third kappa shape index (κ3) is 2.13. The highest BCUT2D eigenvalue weighted by molar-refractivity contribution is 5.39. The number of isocyanates is 1. The predicted molar refractivity (Wildman–Crippen MR) is 44.6 cm³/mol. The summed E-state index contributed by atoms with van der Waals surface area (Å²) in [6, 6.07) is 2.78. The number of hydrogen-bond donors (Lipinski definition) is 1. The van der Waals surface area contributed by atoms with Crippen LogP contribution in [-0.4, -0.2) is 11.2 Å². The van der Waals surface area contributed by atoms with Crippen molar-refractivity contribution in [1.29, 1.82) is 0 Å². The monoisotopic (exact) mass is 181 g/mol. The van der Waals surface area contributed by atoms with E-state index >= 15 is 0 Å². The Morgan fingerprint density at radius 1 is 1.62 bits per heavy atom. The van der Waals surface area contributed by atoms with Gasteiger partial charge in [0.15, 0.2) is 11.6 Å².